The quantitative estimate of drug-likeness (QED) is 0.684. The van der Waals surface area contributed by atoms with Gasteiger partial charge in [0.15, 0.2) is 11.5 Å². The molecule has 0 aliphatic carbocycles. The molecule has 130 valence electrons. The molecule has 1 fully saturated rings. The molecule has 0 aromatic heterocycles. The lowest BCUT2D eigenvalue weighted by atomic mass is 10.1. The molecule has 1 aromatic carbocycles. The Labute approximate surface area is 149 Å². The summed E-state index contributed by atoms with van der Waals surface area (Å²) in [7, 11) is 3.04. The second-order valence-electron chi connectivity index (χ2n) is 4.78. The Hall–Kier alpha value is -1.70. The summed E-state index contributed by atoms with van der Waals surface area (Å²) in [6, 6.07) is 3.31. The van der Waals surface area contributed by atoms with E-state index < -0.39 is 0 Å². The number of methoxy groups -OCH3 is 2. The van der Waals surface area contributed by atoms with Gasteiger partial charge in [0.2, 0.25) is 0 Å². The van der Waals surface area contributed by atoms with Crippen molar-refractivity contribution in [3.8, 4) is 11.5 Å². The fourth-order valence-corrected chi connectivity index (χ4v) is 3.17. The maximum atomic E-state index is 12.3. The van der Waals surface area contributed by atoms with Crippen LogP contribution in [0, 0.1) is 0 Å². The SMILES string of the molecule is CCOc1cc(/C=C2/SC(=O)N(CCOC)C2=O)c(Cl)cc1OC. The Morgan fingerprint density at radius 2 is 2.00 bits per heavy atom. The number of halogens is 1. The number of hydrogen-bond donors (Lipinski definition) is 0. The standard InChI is InChI=1S/C16H18ClNO5S/c1-4-23-13-7-10(11(17)9-12(13)22-3)8-14-15(19)18(5-6-21-2)16(20)24-14/h7-9H,4-6H2,1-3H3/b14-8+. The average Bonchev–Trinajstić information content (AvgIpc) is 2.82. The van der Waals surface area contributed by atoms with E-state index in [4.69, 9.17) is 25.8 Å². The number of carbonyl (C=O) groups is 2. The van der Waals surface area contributed by atoms with E-state index in [-0.39, 0.29) is 17.7 Å². The number of amides is 2. The van der Waals surface area contributed by atoms with Crippen molar-refractivity contribution in [1.29, 1.82) is 0 Å². The van der Waals surface area contributed by atoms with E-state index in [1.165, 1.54) is 14.2 Å². The third kappa shape index (κ3) is 4.03. The monoisotopic (exact) mass is 371 g/mol. The Morgan fingerprint density at radius 1 is 1.25 bits per heavy atom. The van der Waals surface area contributed by atoms with Gasteiger partial charge in [-0.05, 0) is 36.4 Å². The summed E-state index contributed by atoms with van der Waals surface area (Å²) in [5.41, 5.74) is 0.582. The summed E-state index contributed by atoms with van der Waals surface area (Å²) >= 11 is 7.12. The summed E-state index contributed by atoms with van der Waals surface area (Å²) in [4.78, 5) is 25.7. The Morgan fingerprint density at radius 3 is 2.62 bits per heavy atom. The van der Waals surface area contributed by atoms with Gasteiger partial charge in [0.05, 0.1) is 36.8 Å². The molecule has 24 heavy (non-hydrogen) atoms. The van der Waals surface area contributed by atoms with Gasteiger partial charge in [-0.3, -0.25) is 14.5 Å². The molecular weight excluding hydrogens is 354 g/mol. The van der Waals surface area contributed by atoms with Gasteiger partial charge in [-0.25, -0.2) is 0 Å². The van der Waals surface area contributed by atoms with Crippen molar-refractivity contribution < 1.29 is 23.8 Å². The van der Waals surface area contributed by atoms with Crippen LogP contribution < -0.4 is 9.47 Å². The number of imide groups is 1. The van der Waals surface area contributed by atoms with Crippen LogP contribution in [0.2, 0.25) is 5.02 Å². The van der Waals surface area contributed by atoms with Gasteiger partial charge >= 0.3 is 0 Å². The van der Waals surface area contributed by atoms with Gasteiger partial charge in [-0.15, -0.1) is 0 Å². The number of rotatable bonds is 7. The highest BCUT2D eigenvalue weighted by molar-refractivity contribution is 8.18. The molecule has 0 spiro atoms. The predicted octanol–water partition coefficient (Wildman–Crippen LogP) is 3.43. The van der Waals surface area contributed by atoms with E-state index in [1.807, 2.05) is 6.92 Å². The smallest absolute Gasteiger partial charge is 0.293 e. The molecule has 1 aliphatic rings. The number of ether oxygens (including phenoxy) is 3. The molecule has 0 unspecified atom stereocenters. The van der Waals surface area contributed by atoms with Gasteiger partial charge in [0, 0.05) is 13.2 Å². The van der Waals surface area contributed by atoms with Crippen molar-refractivity contribution >= 4 is 40.6 Å². The molecule has 1 saturated heterocycles. The maximum Gasteiger partial charge on any atom is 0.293 e. The van der Waals surface area contributed by atoms with E-state index in [0.717, 1.165) is 16.7 Å². The number of benzene rings is 1. The minimum Gasteiger partial charge on any atom is -0.493 e. The first-order valence-electron chi connectivity index (χ1n) is 7.26. The third-order valence-electron chi connectivity index (χ3n) is 3.26. The zero-order chi connectivity index (χ0) is 17.7. The van der Waals surface area contributed by atoms with Gasteiger partial charge in [-0.2, -0.15) is 0 Å². The minimum absolute atomic E-state index is 0.221. The molecule has 2 amide bonds. The van der Waals surface area contributed by atoms with E-state index in [0.29, 0.717) is 40.2 Å². The second kappa shape index (κ2) is 8.41. The number of thioether (sulfide) groups is 1. The fourth-order valence-electron chi connectivity index (χ4n) is 2.11. The van der Waals surface area contributed by atoms with Crippen molar-refractivity contribution in [2.75, 3.05) is 34.0 Å². The minimum atomic E-state index is -0.355. The van der Waals surface area contributed by atoms with Gasteiger partial charge in [0.25, 0.3) is 11.1 Å². The van der Waals surface area contributed by atoms with Crippen LogP contribution in [0.3, 0.4) is 0 Å². The van der Waals surface area contributed by atoms with E-state index in [9.17, 15) is 9.59 Å². The number of hydrogen-bond acceptors (Lipinski definition) is 6. The Balaban J connectivity index is 2.32. The first-order valence-corrected chi connectivity index (χ1v) is 8.45. The van der Waals surface area contributed by atoms with E-state index in [1.54, 1.807) is 18.2 Å². The van der Waals surface area contributed by atoms with Crippen LogP contribution >= 0.6 is 23.4 Å². The van der Waals surface area contributed by atoms with Crippen LogP contribution in [0.15, 0.2) is 17.0 Å². The molecule has 0 radical (unpaired) electrons. The maximum absolute atomic E-state index is 12.3. The summed E-state index contributed by atoms with van der Waals surface area (Å²) in [5, 5.41) is 0.0805. The first-order chi connectivity index (χ1) is 11.5. The third-order valence-corrected chi connectivity index (χ3v) is 4.50. The molecule has 1 aliphatic heterocycles. The number of nitrogens with zero attached hydrogens (tertiary/aromatic N) is 1. The summed E-state index contributed by atoms with van der Waals surface area (Å²) in [6.07, 6.45) is 1.59. The summed E-state index contributed by atoms with van der Waals surface area (Å²) in [6.45, 7) is 2.84. The topological polar surface area (TPSA) is 65.1 Å². The summed E-state index contributed by atoms with van der Waals surface area (Å²) in [5.74, 6) is 0.674. The van der Waals surface area contributed by atoms with Crippen molar-refractivity contribution in [2.24, 2.45) is 0 Å². The van der Waals surface area contributed by atoms with Gasteiger partial charge in [0.1, 0.15) is 0 Å². The molecular formula is C16H18ClNO5S. The predicted molar refractivity (Wildman–Crippen MR) is 93.7 cm³/mol. The van der Waals surface area contributed by atoms with Crippen molar-refractivity contribution in [3.05, 3.63) is 27.6 Å². The molecule has 0 atom stereocenters. The molecule has 1 aromatic rings. The molecule has 8 heteroatoms. The second-order valence-corrected chi connectivity index (χ2v) is 6.18. The normalized spacial score (nSPS) is 16.2. The zero-order valence-electron chi connectivity index (χ0n) is 13.6. The Kier molecular flexibility index (Phi) is 6.53. The van der Waals surface area contributed by atoms with Gasteiger partial charge < -0.3 is 14.2 Å². The van der Waals surface area contributed by atoms with Gasteiger partial charge in [-0.1, -0.05) is 11.6 Å². The van der Waals surface area contributed by atoms with Crippen molar-refractivity contribution in [1.82, 2.24) is 4.90 Å². The number of carbonyl (C=O) groups excluding carboxylic acids is 2. The van der Waals surface area contributed by atoms with Crippen LogP contribution in [0.4, 0.5) is 4.79 Å². The lowest BCUT2D eigenvalue weighted by Crippen LogP contribution is -2.31. The first kappa shape index (κ1) is 18.6. The molecule has 6 nitrogen and oxygen atoms in total. The van der Waals surface area contributed by atoms with Crippen molar-refractivity contribution in [3.63, 3.8) is 0 Å². The Bertz CT molecular complexity index is 677. The lowest BCUT2D eigenvalue weighted by Gasteiger charge is -2.12. The highest BCUT2D eigenvalue weighted by Gasteiger charge is 2.34. The van der Waals surface area contributed by atoms with Crippen LogP contribution in [-0.2, 0) is 9.53 Å². The largest absolute Gasteiger partial charge is 0.493 e. The lowest BCUT2D eigenvalue weighted by molar-refractivity contribution is -0.123. The van der Waals surface area contributed by atoms with Crippen molar-refractivity contribution in [2.45, 2.75) is 6.92 Å². The molecule has 0 N–H and O–H groups in total. The molecule has 0 saturated carbocycles. The van der Waals surface area contributed by atoms with Crippen LogP contribution in [-0.4, -0.2) is 50.0 Å². The molecule has 2 rings (SSSR count). The van der Waals surface area contributed by atoms with Crippen LogP contribution in [0.5, 0.6) is 11.5 Å². The highest BCUT2D eigenvalue weighted by atomic mass is 35.5. The zero-order valence-corrected chi connectivity index (χ0v) is 15.2. The summed E-state index contributed by atoms with van der Waals surface area (Å²) < 4.78 is 15.7. The average molecular weight is 372 g/mol. The van der Waals surface area contributed by atoms with Crippen LogP contribution in [0.1, 0.15) is 12.5 Å². The fraction of sp³-hybridized carbons (Fsp3) is 0.375. The van der Waals surface area contributed by atoms with Crippen LogP contribution in [0.25, 0.3) is 6.08 Å². The van der Waals surface area contributed by atoms with E-state index in [2.05, 4.69) is 0 Å². The molecule has 1 heterocycles. The highest BCUT2D eigenvalue weighted by Crippen LogP contribution is 2.37. The molecule has 0 bridgehead atoms. The van der Waals surface area contributed by atoms with E-state index >= 15 is 0 Å².